The van der Waals surface area contributed by atoms with Crippen LogP contribution in [0.5, 0.6) is 0 Å². The number of benzene rings is 1. The Morgan fingerprint density at radius 2 is 1.95 bits per heavy atom. The number of carbonyl (C=O) groups excluding carboxylic acids is 1. The summed E-state index contributed by atoms with van der Waals surface area (Å²) in [6.07, 6.45) is 0.646. The number of aromatic amines is 1. The Kier molecular flexibility index (Phi) is 5.17. The molecule has 2 N–H and O–H groups in total. The lowest BCUT2D eigenvalue weighted by Gasteiger charge is -2.23. The normalized spacial score (nSPS) is 10.6. The summed E-state index contributed by atoms with van der Waals surface area (Å²) >= 11 is 0. The highest BCUT2D eigenvalue weighted by molar-refractivity contribution is 6.00. The Morgan fingerprint density at radius 1 is 1.24 bits per heavy atom. The van der Waals surface area contributed by atoms with Crippen molar-refractivity contribution in [1.29, 1.82) is 0 Å². The van der Waals surface area contributed by atoms with E-state index in [4.69, 9.17) is 5.11 Å². The first kappa shape index (κ1) is 15.3. The molecule has 2 aromatic rings. The van der Waals surface area contributed by atoms with Crippen molar-refractivity contribution in [2.75, 3.05) is 24.6 Å². The summed E-state index contributed by atoms with van der Waals surface area (Å²) in [6, 6.07) is 11.7. The molecule has 2 rings (SSSR count). The number of aryl methyl sites for hydroxylation is 2. The number of nitrogens with zero attached hydrogens (tertiary/aromatic N) is 1. The van der Waals surface area contributed by atoms with E-state index in [0.717, 1.165) is 22.6 Å². The van der Waals surface area contributed by atoms with Gasteiger partial charge in [-0.3, -0.25) is 4.79 Å². The Morgan fingerprint density at radius 3 is 2.52 bits per heavy atom. The van der Waals surface area contributed by atoms with Gasteiger partial charge in [-0.1, -0.05) is 18.2 Å². The minimum absolute atomic E-state index is 0.0960. The first-order valence-electron chi connectivity index (χ1n) is 7.22. The van der Waals surface area contributed by atoms with Gasteiger partial charge in [-0.25, -0.2) is 0 Å². The molecular formula is C17H22N2O2. The van der Waals surface area contributed by atoms with E-state index in [2.05, 4.69) is 4.98 Å². The second kappa shape index (κ2) is 7.09. The van der Waals surface area contributed by atoms with Gasteiger partial charge in [0, 0.05) is 35.8 Å². The van der Waals surface area contributed by atoms with Gasteiger partial charge in [-0.05, 0) is 38.5 Å². The Labute approximate surface area is 125 Å². The van der Waals surface area contributed by atoms with Crippen LogP contribution < -0.4 is 4.90 Å². The fourth-order valence-electron chi connectivity index (χ4n) is 2.47. The van der Waals surface area contributed by atoms with E-state index in [0.29, 0.717) is 19.5 Å². The lowest BCUT2D eigenvalue weighted by molar-refractivity contribution is 0.0998. The third kappa shape index (κ3) is 3.95. The summed E-state index contributed by atoms with van der Waals surface area (Å²) in [5, 5.41) is 9.04. The van der Waals surface area contributed by atoms with Crippen molar-refractivity contribution in [1.82, 2.24) is 4.98 Å². The lowest BCUT2D eigenvalue weighted by atomic mass is 10.1. The molecule has 1 aromatic carbocycles. The molecular weight excluding hydrogens is 264 g/mol. The predicted molar refractivity (Wildman–Crippen MR) is 85.0 cm³/mol. The van der Waals surface area contributed by atoms with Crippen LogP contribution in [0, 0.1) is 13.8 Å². The second-order valence-corrected chi connectivity index (χ2v) is 5.25. The predicted octanol–water partition coefficient (Wildman–Crippen LogP) is 2.70. The topological polar surface area (TPSA) is 56.3 Å². The van der Waals surface area contributed by atoms with Gasteiger partial charge in [0.05, 0.1) is 6.54 Å². The average molecular weight is 286 g/mol. The fraction of sp³-hybridized carbons (Fsp3) is 0.353. The lowest BCUT2D eigenvalue weighted by Crippen LogP contribution is -2.31. The highest BCUT2D eigenvalue weighted by Crippen LogP contribution is 2.16. The summed E-state index contributed by atoms with van der Waals surface area (Å²) < 4.78 is 0. The number of carbonyl (C=O) groups is 1. The number of aliphatic hydroxyl groups is 1. The smallest absolute Gasteiger partial charge is 0.183 e. The third-order valence-electron chi connectivity index (χ3n) is 3.49. The number of H-pyrrole nitrogens is 1. The van der Waals surface area contributed by atoms with E-state index in [9.17, 15) is 4.79 Å². The van der Waals surface area contributed by atoms with Crippen molar-refractivity contribution in [3.05, 3.63) is 53.3 Å². The van der Waals surface area contributed by atoms with Gasteiger partial charge in [-0.2, -0.15) is 0 Å². The van der Waals surface area contributed by atoms with Crippen molar-refractivity contribution in [2.45, 2.75) is 20.3 Å². The van der Waals surface area contributed by atoms with Gasteiger partial charge in [0.2, 0.25) is 0 Å². The zero-order valence-corrected chi connectivity index (χ0v) is 12.6. The standard InChI is InChI=1S/C17H22N2O2/c1-13-11-16(14(2)18-13)17(21)12-19(9-6-10-20)15-7-4-3-5-8-15/h3-5,7-8,11,18,20H,6,9-10,12H2,1-2H3. The molecule has 0 atom stereocenters. The van der Waals surface area contributed by atoms with Crippen molar-refractivity contribution in [3.63, 3.8) is 0 Å². The molecule has 4 nitrogen and oxygen atoms in total. The van der Waals surface area contributed by atoms with E-state index in [1.807, 2.05) is 55.1 Å². The van der Waals surface area contributed by atoms with Crippen LogP contribution in [0.2, 0.25) is 0 Å². The maximum atomic E-state index is 12.5. The molecule has 0 aliphatic carbocycles. The number of para-hydroxylation sites is 1. The number of hydrogen-bond donors (Lipinski definition) is 2. The fourth-order valence-corrected chi connectivity index (χ4v) is 2.47. The summed E-state index contributed by atoms with van der Waals surface area (Å²) in [4.78, 5) is 17.7. The number of ketones is 1. The molecule has 0 amide bonds. The van der Waals surface area contributed by atoms with Crippen LogP contribution in [0.3, 0.4) is 0 Å². The molecule has 0 saturated heterocycles. The van der Waals surface area contributed by atoms with Gasteiger partial charge in [0.1, 0.15) is 0 Å². The minimum Gasteiger partial charge on any atom is -0.396 e. The highest BCUT2D eigenvalue weighted by Gasteiger charge is 2.16. The van der Waals surface area contributed by atoms with Crippen molar-refractivity contribution >= 4 is 11.5 Å². The average Bonchev–Trinajstić information content (AvgIpc) is 2.83. The molecule has 112 valence electrons. The number of rotatable bonds is 7. The highest BCUT2D eigenvalue weighted by atomic mass is 16.3. The van der Waals surface area contributed by atoms with Crippen LogP contribution in [0.15, 0.2) is 36.4 Å². The van der Waals surface area contributed by atoms with Crippen molar-refractivity contribution in [2.24, 2.45) is 0 Å². The molecule has 0 bridgehead atoms. The van der Waals surface area contributed by atoms with Gasteiger partial charge in [-0.15, -0.1) is 0 Å². The van der Waals surface area contributed by atoms with E-state index < -0.39 is 0 Å². The SMILES string of the molecule is Cc1cc(C(=O)CN(CCCO)c2ccccc2)c(C)[nH]1. The number of anilines is 1. The first-order valence-corrected chi connectivity index (χ1v) is 7.22. The van der Waals surface area contributed by atoms with Crippen LogP contribution in [0.25, 0.3) is 0 Å². The van der Waals surface area contributed by atoms with Crippen LogP contribution in [-0.4, -0.2) is 35.6 Å². The number of Topliss-reactive ketones (excluding diaryl/α,β-unsaturated/α-hetero) is 1. The summed E-state index contributed by atoms with van der Waals surface area (Å²) in [5.41, 5.74) is 3.66. The number of hydrogen-bond acceptors (Lipinski definition) is 3. The van der Waals surface area contributed by atoms with E-state index in [-0.39, 0.29) is 12.4 Å². The molecule has 0 spiro atoms. The zero-order valence-electron chi connectivity index (χ0n) is 12.6. The molecule has 21 heavy (non-hydrogen) atoms. The van der Waals surface area contributed by atoms with Gasteiger partial charge < -0.3 is 15.0 Å². The number of aromatic nitrogens is 1. The van der Waals surface area contributed by atoms with Gasteiger partial charge >= 0.3 is 0 Å². The first-order chi connectivity index (χ1) is 10.1. The van der Waals surface area contributed by atoms with Crippen LogP contribution in [-0.2, 0) is 0 Å². The number of nitrogens with one attached hydrogen (secondary N) is 1. The van der Waals surface area contributed by atoms with Crippen LogP contribution >= 0.6 is 0 Å². The zero-order chi connectivity index (χ0) is 15.2. The minimum atomic E-state index is 0.0960. The molecule has 1 heterocycles. The van der Waals surface area contributed by atoms with E-state index in [1.165, 1.54) is 0 Å². The maximum absolute atomic E-state index is 12.5. The Bertz CT molecular complexity index is 590. The van der Waals surface area contributed by atoms with E-state index in [1.54, 1.807) is 0 Å². The summed E-state index contributed by atoms with van der Waals surface area (Å²) in [6.45, 7) is 4.97. The second-order valence-electron chi connectivity index (χ2n) is 5.25. The van der Waals surface area contributed by atoms with Crippen LogP contribution in [0.4, 0.5) is 5.69 Å². The van der Waals surface area contributed by atoms with Crippen molar-refractivity contribution < 1.29 is 9.90 Å². The van der Waals surface area contributed by atoms with Gasteiger partial charge in [0.15, 0.2) is 5.78 Å². The number of aliphatic hydroxyl groups excluding tert-OH is 1. The van der Waals surface area contributed by atoms with Crippen LogP contribution in [0.1, 0.15) is 28.2 Å². The largest absolute Gasteiger partial charge is 0.396 e. The van der Waals surface area contributed by atoms with E-state index >= 15 is 0 Å². The molecule has 0 aliphatic heterocycles. The molecule has 0 radical (unpaired) electrons. The molecule has 4 heteroatoms. The molecule has 0 aliphatic rings. The monoisotopic (exact) mass is 286 g/mol. The Balaban J connectivity index is 2.15. The summed E-state index contributed by atoms with van der Waals surface area (Å²) in [7, 11) is 0. The van der Waals surface area contributed by atoms with Crippen molar-refractivity contribution in [3.8, 4) is 0 Å². The quantitative estimate of drug-likeness (QED) is 0.769. The molecule has 0 fully saturated rings. The molecule has 1 aromatic heterocycles. The summed E-state index contributed by atoms with van der Waals surface area (Å²) in [5.74, 6) is 0.0960. The molecule has 0 saturated carbocycles. The Hall–Kier alpha value is -2.07. The third-order valence-corrected chi connectivity index (χ3v) is 3.49. The maximum Gasteiger partial charge on any atom is 0.183 e. The van der Waals surface area contributed by atoms with Gasteiger partial charge in [0.25, 0.3) is 0 Å². The molecule has 0 unspecified atom stereocenters.